The summed E-state index contributed by atoms with van der Waals surface area (Å²) in [6.45, 7) is 0.465. The summed E-state index contributed by atoms with van der Waals surface area (Å²) < 4.78 is 11.3. The van der Waals surface area contributed by atoms with E-state index in [4.69, 9.17) is 21.1 Å². The molecule has 0 saturated heterocycles. The van der Waals surface area contributed by atoms with Gasteiger partial charge in [0.15, 0.2) is 16.7 Å². The second-order valence-electron chi connectivity index (χ2n) is 5.26. The molecule has 0 fully saturated rings. The van der Waals surface area contributed by atoms with Gasteiger partial charge in [-0.15, -0.1) is 0 Å². The van der Waals surface area contributed by atoms with Gasteiger partial charge < -0.3 is 9.47 Å². The van der Waals surface area contributed by atoms with E-state index in [0.717, 1.165) is 11.1 Å². The lowest BCUT2D eigenvalue weighted by Gasteiger charge is -2.11. The Labute approximate surface area is 151 Å². The standard InChI is InChI=1S/C20H17ClN2O2/c1-24-18-10-9-16(13-23-17-8-5-11-22-20(17)21)12-19(18)25-14-15-6-3-2-4-7-15/h2-13H,14H2,1H3. The van der Waals surface area contributed by atoms with Gasteiger partial charge in [-0.05, 0) is 41.5 Å². The van der Waals surface area contributed by atoms with Gasteiger partial charge in [0.1, 0.15) is 12.3 Å². The predicted octanol–water partition coefficient (Wildman–Crippen LogP) is 5.07. The molecule has 0 amide bonds. The number of methoxy groups -OCH3 is 1. The molecule has 0 bridgehead atoms. The van der Waals surface area contributed by atoms with E-state index in [1.54, 1.807) is 25.6 Å². The molecule has 0 unspecified atom stereocenters. The Balaban J connectivity index is 1.78. The Kier molecular flexibility index (Phi) is 5.65. The maximum absolute atomic E-state index is 6.02. The number of ether oxygens (including phenoxy) is 2. The third-order valence-electron chi connectivity index (χ3n) is 3.52. The summed E-state index contributed by atoms with van der Waals surface area (Å²) in [6.07, 6.45) is 3.35. The molecule has 3 aromatic rings. The molecule has 0 radical (unpaired) electrons. The molecule has 2 aromatic carbocycles. The van der Waals surface area contributed by atoms with Crippen molar-refractivity contribution in [3.8, 4) is 11.5 Å². The first kappa shape index (κ1) is 17.0. The fraction of sp³-hybridized carbons (Fsp3) is 0.100. The van der Waals surface area contributed by atoms with Crippen LogP contribution >= 0.6 is 11.6 Å². The third-order valence-corrected chi connectivity index (χ3v) is 3.81. The molecule has 126 valence electrons. The van der Waals surface area contributed by atoms with Crippen LogP contribution in [-0.4, -0.2) is 18.3 Å². The lowest BCUT2D eigenvalue weighted by molar-refractivity contribution is 0.284. The summed E-state index contributed by atoms with van der Waals surface area (Å²) in [5.41, 5.74) is 2.58. The van der Waals surface area contributed by atoms with Crippen LogP contribution in [0, 0.1) is 0 Å². The number of nitrogens with zero attached hydrogens (tertiary/aromatic N) is 2. The molecule has 0 aliphatic heterocycles. The molecule has 25 heavy (non-hydrogen) atoms. The van der Waals surface area contributed by atoms with Gasteiger partial charge in [0.2, 0.25) is 0 Å². The molecule has 0 spiro atoms. The van der Waals surface area contributed by atoms with Crippen LogP contribution in [0.25, 0.3) is 0 Å². The van der Waals surface area contributed by atoms with Crippen molar-refractivity contribution in [1.82, 2.24) is 4.98 Å². The Morgan fingerprint density at radius 3 is 2.64 bits per heavy atom. The molecule has 0 aliphatic carbocycles. The zero-order chi connectivity index (χ0) is 17.5. The van der Waals surface area contributed by atoms with Crippen molar-refractivity contribution in [3.63, 3.8) is 0 Å². The summed E-state index contributed by atoms with van der Waals surface area (Å²) in [5.74, 6) is 1.33. The van der Waals surface area contributed by atoms with Crippen LogP contribution in [0.2, 0.25) is 5.15 Å². The summed E-state index contributed by atoms with van der Waals surface area (Å²) >= 11 is 6.02. The second-order valence-corrected chi connectivity index (χ2v) is 5.61. The first-order valence-electron chi connectivity index (χ1n) is 7.75. The largest absolute Gasteiger partial charge is 0.493 e. The molecule has 0 saturated carbocycles. The van der Waals surface area contributed by atoms with E-state index in [-0.39, 0.29) is 0 Å². The van der Waals surface area contributed by atoms with Gasteiger partial charge in [-0.1, -0.05) is 41.9 Å². The number of hydrogen-bond acceptors (Lipinski definition) is 4. The van der Waals surface area contributed by atoms with Crippen LogP contribution in [-0.2, 0) is 6.61 Å². The lowest BCUT2D eigenvalue weighted by atomic mass is 10.2. The monoisotopic (exact) mass is 352 g/mol. The number of benzene rings is 2. The summed E-state index contributed by atoms with van der Waals surface area (Å²) in [4.78, 5) is 8.38. The minimum absolute atomic E-state index is 0.368. The summed E-state index contributed by atoms with van der Waals surface area (Å²) in [6, 6.07) is 19.2. The van der Waals surface area contributed by atoms with Crippen molar-refractivity contribution in [2.24, 2.45) is 4.99 Å². The van der Waals surface area contributed by atoms with Crippen molar-refractivity contribution in [1.29, 1.82) is 0 Å². The highest BCUT2D eigenvalue weighted by molar-refractivity contribution is 6.31. The average Bonchev–Trinajstić information content (AvgIpc) is 2.66. The van der Waals surface area contributed by atoms with Gasteiger partial charge in [-0.3, -0.25) is 4.99 Å². The minimum atomic E-state index is 0.368. The number of aromatic nitrogens is 1. The van der Waals surface area contributed by atoms with Crippen LogP contribution in [0.1, 0.15) is 11.1 Å². The van der Waals surface area contributed by atoms with Gasteiger partial charge in [-0.2, -0.15) is 0 Å². The molecule has 4 nitrogen and oxygen atoms in total. The van der Waals surface area contributed by atoms with Crippen LogP contribution in [0.5, 0.6) is 11.5 Å². The Hall–Kier alpha value is -2.85. The van der Waals surface area contributed by atoms with Crippen molar-refractivity contribution in [3.05, 3.63) is 83.1 Å². The van der Waals surface area contributed by atoms with Crippen molar-refractivity contribution < 1.29 is 9.47 Å². The highest BCUT2D eigenvalue weighted by Crippen LogP contribution is 2.29. The average molecular weight is 353 g/mol. The number of pyridine rings is 1. The lowest BCUT2D eigenvalue weighted by Crippen LogP contribution is -1.98. The zero-order valence-corrected chi connectivity index (χ0v) is 14.5. The predicted molar refractivity (Wildman–Crippen MR) is 100 cm³/mol. The SMILES string of the molecule is COc1ccc(C=Nc2cccnc2Cl)cc1OCc1ccccc1. The molecule has 1 aromatic heterocycles. The van der Waals surface area contributed by atoms with E-state index >= 15 is 0 Å². The van der Waals surface area contributed by atoms with Gasteiger partial charge in [0.05, 0.1) is 7.11 Å². The number of halogens is 1. The molecule has 1 heterocycles. The summed E-state index contributed by atoms with van der Waals surface area (Å²) in [7, 11) is 1.62. The first-order valence-corrected chi connectivity index (χ1v) is 8.13. The molecule has 0 aliphatic rings. The Bertz CT molecular complexity index is 867. The van der Waals surface area contributed by atoms with E-state index in [1.165, 1.54) is 0 Å². The molecule has 5 heteroatoms. The summed E-state index contributed by atoms with van der Waals surface area (Å²) in [5, 5.41) is 0.368. The minimum Gasteiger partial charge on any atom is -0.493 e. The quantitative estimate of drug-likeness (QED) is 0.459. The highest BCUT2D eigenvalue weighted by Gasteiger charge is 2.06. The van der Waals surface area contributed by atoms with Crippen molar-refractivity contribution in [2.45, 2.75) is 6.61 Å². The zero-order valence-electron chi connectivity index (χ0n) is 13.7. The second kappa shape index (κ2) is 8.31. The maximum atomic E-state index is 6.02. The Morgan fingerprint density at radius 1 is 1.04 bits per heavy atom. The number of aliphatic imine (C=N–C) groups is 1. The Morgan fingerprint density at radius 2 is 1.88 bits per heavy atom. The molecular formula is C20H17ClN2O2. The van der Waals surface area contributed by atoms with E-state index in [9.17, 15) is 0 Å². The van der Waals surface area contributed by atoms with Gasteiger partial charge in [-0.25, -0.2) is 4.98 Å². The van der Waals surface area contributed by atoms with E-state index in [1.807, 2.05) is 54.6 Å². The van der Waals surface area contributed by atoms with Crippen molar-refractivity contribution in [2.75, 3.05) is 7.11 Å². The normalized spacial score (nSPS) is 10.8. The fourth-order valence-electron chi connectivity index (χ4n) is 2.24. The van der Waals surface area contributed by atoms with Crippen molar-refractivity contribution >= 4 is 23.5 Å². The molecule has 0 atom stereocenters. The molecule has 0 N–H and O–H groups in total. The third kappa shape index (κ3) is 4.58. The van der Waals surface area contributed by atoms with E-state index in [2.05, 4.69) is 9.98 Å². The smallest absolute Gasteiger partial charge is 0.162 e. The first-order chi connectivity index (χ1) is 12.3. The topological polar surface area (TPSA) is 43.7 Å². The van der Waals surface area contributed by atoms with Crippen LogP contribution in [0.15, 0.2) is 71.9 Å². The van der Waals surface area contributed by atoms with Crippen LogP contribution in [0.3, 0.4) is 0 Å². The molecular weight excluding hydrogens is 336 g/mol. The number of rotatable bonds is 6. The maximum Gasteiger partial charge on any atom is 0.162 e. The van der Waals surface area contributed by atoms with Gasteiger partial charge in [0.25, 0.3) is 0 Å². The highest BCUT2D eigenvalue weighted by atomic mass is 35.5. The van der Waals surface area contributed by atoms with Crippen LogP contribution < -0.4 is 9.47 Å². The molecule has 3 rings (SSSR count). The van der Waals surface area contributed by atoms with E-state index in [0.29, 0.717) is 28.9 Å². The van der Waals surface area contributed by atoms with Gasteiger partial charge in [0, 0.05) is 12.4 Å². The van der Waals surface area contributed by atoms with Crippen LogP contribution in [0.4, 0.5) is 5.69 Å². The number of hydrogen-bond donors (Lipinski definition) is 0. The van der Waals surface area contributed by atoms with E-state index < -0.39 is 0 Å². The van der Waals surface area contributed by atoms with Gasteiger partial charge >= 0.3 is 0 Å². The fourth-order valence-corrected chi connectivity index (χ4v) is 2.41.